The molecule has 2 spiro atoms. The van der Waals surface area contributed by atoms with E-state index < -0.39 is 47.2 Å². The van der Waals surface area contributed by atoms with Crippen LogP contribution >= 0.6 is 0 Å². The number of urea groups is 1. The van der Waals surface area contributed by atoms with Crippen molar-refractivity contribution in [3.63, 3.8) is 0 Å². The highest BCUT2D eigenvalue weighted by molar-refractivity contribution is 6.37. The van der Waals surface area contributed by atoms with Crippen molar-refractivity contribution in [3.8, 4) is 0 Å². The number of amides is 5. The number of hydrogen-bond acceptors (Lipinski definition) is 7. The first kappa shape index (κ1) is 38.5. The summed E-state index contributed by atoms with van der Waals surface area (Å²) in [4.78, 5) is 71.8. The molecular formula is C38H65N7O5. The summed E-state index contributed by atoms with van der Waals surface area (Å²) in [5, 5.41) is 12.7. The van der Waals surface area contributed by atoms with Gasteiger partial charge >= 0.3 is 6.03 Å². The quantitative estimate of drug-likeness (QED) is 0.196. The lowest BCUT2D eigenvalue weighted by molar-refractivity contribution is -0.143. The SMILES string of the molecule is CC(C)C(CN1C[C@@H](C)N[C@@H](C)C1)NC(=O)N[C@@H](C(=O)N1CC2(CC1C(=O)NC(CC1CCC1)C(=O)C(N)=O)C(C)(C)C21CCC1)C(C)(C)C. The largest absolute Gasteiger partial charge is 0.363 e. The average Bonchev–Trinajstić information content (AvgIpc) is 3.18. The Morgan fingerprint density at radius 2 is 1.54 bits per heavy atom. The fraction of sp³-hybridized carbons (Fsp3) is 0.868. The van der Waals surface area contributed by atoms with Crippen LogP contribution in [0.15, 0.2) is 0 Å². The molecule has 5 amide bonds. The van der Waals surface area contributed by atoms with E-state index in [0.717, 1.165) is 51.6 Å². The molecule has 50 heavy (non-hydrogen) atoms. The van der Waals surface area contributed by atoms with Crippen LogP contribution in [0, 0.1) is 33.5 Å². The lowest BCUT2D eigenvalue weighted by atomic mass is 9.73. The molecule has 0 radical (unpaired) electrons. The monoisotopic (exact) mass is 700 g/mol. The van der Waals surface area contributed by atoms with Gasteiger partial charge in [0.1, 0.15) is 12.1 Å². The van der Waals surface area contributed by atoms with Crippen molar-refractivity contribution in [1.29, 1.82) is 0 Å². The summed E-state index contributed by atoms with van der Waals surface area (Å²) in [6.45, 7) is 21.7. The Bertz CT molecular complexity index is 1320. The van der Waals surface area contributed by atoms with Crippen LogP contribution < -0.4 is 27.0 Å². The normalized spacial score (nSPS) is 30.6. The number of carbonyl (C=O) groups is 5. The second kappa shape index (κ2) is 14.0. The molecule has 6 N–H and O–H groups in total. The van der Waals surface area contributed by atoms with Crippen LogP contribution in [0.1, 0.15) is 114 Å². The molecule has 3 saturated carbocycles. The molecule has 4 unspecified atom stereocenters. The van der Waals surface area contributed by atoms with Crippen LogP contribution in [0.5, 0.6) is 0 Å². The lowest BCUT2D eigenvalue weighted by Gasteiger charge is -2.39. The number of carbonyl (C=O) groups excluding carboxylic acids is 5. The first-order valence-electron chi connectivity index (χ1n) is 19.2. The van der Waals surface area contributed by atoms with Crippen LogP contribution in [0.3, 0.4) is 0 Å². The molecular weight excluding hydrogens is 634 g/mol. The zero-order valence-electron chi connectivity index (χ0n) is 32.1. The molecule has 282 valence electrons. The van der Waals surface area contributed by atoms with Gasteiger partial charge < -0.3 is 31.9 Å². The van der Waals surface area contributed by atoms with Crippen LogP contribution in [-0.2, 0) is 19.2 Å². The number of primary amides is 1. The topological polar surface area (TPSA) is 166 Å². The van der Waals surface area contributed by atoms with Crippen LogP contribution in [0.25, 0.3) is 0 Å². The maximum atomic E-state index is 14.8. The maximum absolute atomic E-state index is 14.8. The molecule has 5 fully saturated rings. The van der Waals surface area contributed by atoms with Crippen molar-refractivity contribution >= 4 is 29.5 Å². The molecule has 12 heteroatoms. The molecule has 0 aromatic carbocycles. The van der Waals surface area contributed by atoms with Gasteiger partial charge in [-0.25, -0.2) is 4.79 Å². The molecule has 7 atom stereocenters. The van der Waals surface area contributed by atoms with Gasteiger partial charge in [-0.1, -0.05) is 74.1 Å². The smallest absolute Gasteiger partial charge is 0.315 e. The van der Waals surface area contributed by atoms with E-state index in [0.29, 0.717) is 38.0 Å². The predicted molar refractivity (Wildman–Crippen MR) is 193 cm³/mol. The van der Waals surface area contributed by atoms with Crippen molar-refractivity contribution in [1.82, 2.24) is 31.1 Å². The van der Waals surface area contributed by atoms with E-state index in [1.165, 1.54) is 0 Å². The number of ketones is 1. The van der Waals surface area contributed by atoms with Gasteiger partial charge in [0.05, 0.1) is 6.04 Å². The van der Waals surface area contributed by atoms with E-state index in [4.69, 9.17) is 5.73 Å². The number of nitrogens with zero attached hydrogens (tertiary/aromatic N) is 2. The molecule has 5 aliphatic rings. The minimum Gasteiger partial charge on any atom is -0.363 e. The highest BCUT2D eigenvalue weighted by Crippen LogP contribution is 2.88. The summed E-state index contributed by atoms with van der Waals surface area (Å²) >= 11 is 0. The van der Waals surface area contributed by atoms with E-state index in [9.17, 15) is 24.0 Å². The number of nitrogens with two attached hydrogens (primary N) is 1. The van der Waals surface area contributed by atoms with Crippen molar-refractivity contribution in [3.05, 3.63) is 0 Å². The number of likely N-dealkylation sites (tertiary alicyclic amines) is 1. The number of piperazine rings is 1. The van der Waals surface area contributed by atoms with E-state index in [1.807, 2.05) is 20.8 Å². The third kappa shape index (κ3) is 7.04. The van der Waals surface area contributed by atoms with E-state index in [-0.39, 0.29) is 40.0 Å². The highest BCUT2D eigenvalue weighted by atomic mass is 16.2. The number of nitrogens with one attached hydrogen (secondary N) is 4. The summed E-state index contributed by atoms with van der Waals surface area (Å²) in [7, 11) is 0. The molecule has 0 aromatic heterocycles. The van der Waals surface area contributed by atoms with Gasteiger partial charge in [-0.05, 0) is 67.6 Å². The van der Waals surface area contributed by atoms with Gasteiger partial charge in [0.2, 0.25) is 17.6 Å². The standard InChI is InChI=1S/C38H65N7O5/c1-22(2)27(20-44-18-23(3)40-24(4)19-44)42-34(50)43-30(35(5,6)7)33(49)45-21-38(36(8,9)37(38)14-11-15-37)17-28(45)32(48)41-26(29(46)31(39)47)16-25-12-10-13-25/h22-28,30,40H,10-21H2,1-9H3,(H2,39,47)(H,41,48)(H2,42,43,50)/t23-,24+,26?,27?,28?,30-,38?/m0/s1. The van der Waals surface area contributed by atoms with Gasteiger partial charge in [0, 0.05) is 49.7 Å². The van der Waals surface area contributed by atoms with Crippen LogP contribution in [0.2, 0.25) is 0 Å². The number of Topliss-reactive ketones (excluding diaryl/α,β-unsaturated/α-hetero) is 1. The van der Waals surface area contributed by atoms with Crippen molar-refractivity contribution < 1.29 is 24.0 Å². The second-order valence-electron chi connectivity index (χ2n) is 18.6. The Morgan fingerprint density at radius 3 is 2.00 bits per heavy atom. The van der Waals surface area contributed by atoms with Crippen LogP contribution in [-0.4, -0.2) is 102 Å². The third-order valence-corrected chi connectivity index (χ3v) is 13.7. The van der Waals surface area contributed by atoms with Gasteiger partial charge in [0.15, 0.2) is 0 Å². The zero-order valence-corrected chi connectivity index (χ0v) is 32.1. The first-order chi connectivity index (χ1) is 23.2. The molecule has 0 bridgehead atoms. The summed E-state index contributed by atoms with van der Waals surface area (Å²) in [5.74, 6) is -2.17. The van der Waals surface area contributed by atoms with E-state index in [2.05, 4.69) is 67.7 Å². The average molecular weight is 700 g/mol. The highest BCUT2D eigenvalue weighted by Gasteiger charge is 2.85. The number of fused-ring (bicyclic) bond motifs is 1. The Kier molecular flexibility index (Phi) is 10.8. The third-order valence-electron chi connectivity index (χ3n) is 13.7. The van der Waals surface area contributed by atoms with Gasteiger partial charge in [-0.2, -0.15) is 0 Å². The van der Waals surface area contributed by atoms with Gasteiger partial charge in [0.25, 0.3) is 5.91 Å². The van der Waals surface area contributed by atoms with Gasteiger partial charge in [-0.3, -0.25) is 24.1 Å². The Labute approximate surface area is 299 Å². The number of hydrogen-bond donors (Lipinski definition) is 5. The van der Waals surface area contributed by atoms with E-state index in [1.54, 1.807) is 4.90 Å². The summed E-state index contributed by atoms with van der Waals surface area (Å²) in [5.41, 5.74) is 4.52. The first-order valence-corrected chi connectivity index (χ1v) is 19.2. The number of rotatable bonds is 12. The minimum atomic E-state index is -1.06. The van der Waals surface area contributed by atoms with E-state index >= 15 is 0 Å². The molecule has 2 heterocycles. The fourth-order valence-corrected chi connectivity index (χ4v) is 10.2. The summed E-state index contributed by atoms with van der Waals surface area (Å²) < 4.78 is 0. The molecule has 0 aromatic rings. The lowest BCUT2D eigenvalue weighted by Crippen LogP contribution is -2.62. The minimum absolute atomic E-state index is 0.0629. The molecule has 5 rings (SSSR count). The predicted octanol–water partition coefficient (Wildman–Crippen LogP) is 2.93. The maximum Gasteiger partial charge on any atom is 0.315 e. The molecule has 3 aliphatic carbocycles. The second-order valence-corrected chi connectivity index (χ2v) is 18.6. The molecule has 2 aliphatic heterocycles. The Hall–Kier alpha value is -2.73. The summed E-state index contributed by atoms with van der Waals surface area (Å²) in [6, 6.07) is -2.57. The fourth-order valence-electron chi connectivity index (χ4n) is 10.2. The van der Waals surface area contributed by atoms with Crippen LogP contribution in [0.4, 0.5) is 4.79 Å². The Balaban J connectivity index is 1.36. The van der Waals surface area contributed by atoms with Crippen molar-refractivity contribution in [2.75, 3.05) is 26.2 Å². The summed E-state index contributed by atoms with van der Waals surface area (Å²) in [6.07, 6.45) is 7.04. The van der Waals surface area contributed by atoms with Gasteiger partial charge in [-0.15, -0.1) is 0 Å². The molecule has 12 nitrogen and oxygen atoms in total. The Morgan fingerprint density at radius 1 is 0.920 bits per heavy atom. The molecule has 2 saturated heterocycles. The van der Waals surface area contributed by atoms with Crippen molar-refractivity contribution in [2.24, 2.45) is 39.2 Å². The zero-order chi connectivity index (χ0) is 37.0. The van der Waals surface area contributed by atoms with Crippen molar-refractivity contribution in [2.45, 2.75) is 150 Å².